The molecule has 0 spiro atoms. The van der Waals surface area contributed by atoms with E-state index in [1.807, 2.05) is 24.3 Å². The highest BCUT2D eigenvalue weighted by atomic mass is 35.5. The molecule has 148 valence electrons. The molecule has 28 heavy (non-hydrogen) atoms. The van der Waals surface area contributed by atoms with Crippen LogP contribution in [0.15, 0.2) is 53.7 Å². The van der Waals surface area contributed by atoms with Crippen LogP contribution in [-0.4, -0.2) is 48.1 Å². The summed E-state index contributed by atoms with van der Waals surface area (Å²) in [5.74, 6) is 0.951. The summed E-state index contributed by atoms with van der Waals surface area (Å²) in [6, 6.07) is 15.1. The first-order chi connectivity index (χ1) is 13.7. The number of hydrogen-bond donors (Lipinski definition) is 1. The van der Waals surface area contributed by atoms with Crippen molar-refractivity contribution in [2.45, 2.75) is 11.7 Å². The van der Waals surface area contributed by atoms with Crippen molar-refractivity contribution in [3.63, 3.8) is 0 Å². The fourth-order valence-electron chi connectivity index (χ4n) is 2.63. The van der Waals surface area contributed by atoms with Gasteiger partial charge in [0.15, 0.2) is 5.16 Å². The number of methoxy groups -OCH3 is 1. The predicted molar refractivity (Wildman–Crippen MR) is 112 cm³/mol. The third-order valence-corrected chi connectivity index (χ3v) is 5.21. The summed E-state index contributed by atoms with van der Waals surface area (Å²) in [7, 11) is 1.67. The number of rotatable bonds is 10. The van der Waals surface area contributed by atoms with E-state index in [-0.39, 0.29) is 11.7 Å². The van der Waals surface area contributed by atoms with E-state index in [0.29, 0.717) is 31.3 Å². The zero-order valence-electron chi connectivity index (χ0n) is 15.6. The van der Waals surface area contributed by atoms with Gasteiger partial charge in [-0.25, -0.2) is 4.98 Å². The molecule has 1 aromatic heterocycles. The zero-order valence-corrected chi connectivity index (χ0v) is 17.1. The van der Waals surface area contributed by atoms with E-state index < -0.39 is 0 Å². The molecule has 1 N–H and O–H groups in total. The highest BCUT2D eigenvalue weighted by molar-refractivity contribution is 7.99. The van der Waals surface area contributed by atoms with Gasteiger partial charge in [0.2, 0.25) is 5.91 Å². The Morgan fingerprint density at radius 2 is 1.96 bits per heavy atom. The number of fused-ring (bicyclic) bond motifs is 1. The number of halogens is 1. The summed E-state index contributed by atoms with van der Waals surface area (Å²) in [5, 5.41) is 4.33. The molecule has 0 fully saturated rings. The minimum atomic E-state index is -0.0601. The summed E-state index contributed by atoms with van der Waals surface area (Å²) in [5.41, 5.74) is 1.96. The number of ether oxygens (including phenoxy) is 2. The molecule has 0 atom stereocenters. The van der Waals surface area contributed by atoms with Crippen LogP contribution in [0.5, 0.6) is 5.75 Å². The molecule has 0 saturated heterocycles. The fraction of sp³-hybridized carbons (Fsp3) is 0.300. The average Bonchev–Trinajstić information content (AvgIpc) is 3.07. The van der Waals surface area contributed by atoms with E-state index in [1.54, 1.807) is 31.4 Å². The lowest BCUT2D eigenvalue weighted by Gasteiger charge is -2.09. The molecule has 6 nitrogen and oxygen atoms in total. The number of nitrogens with one attached hydrogen (secondary N) is 1. The van der Waals surface area contributed by atoms with E-state index in [4.69, 9.17) is 21.1 Å². The summed E-state index contributed by atoms with van der Waals surface area (Å²) < 4.78 is 12.8. The highest BCUT2D eigenvalue weighted by Crippen LogP contribution is 2.24. The summed E-state index contributed by atoms with van der Waals surface area (Å²) in [6.07, 6.45) is 0. The minimum absolute atomic E-state index is 0.0601. The Morgan fingerprint density at radius 3 is 2.75 bits per heavy atom. The second kappa shape index (κ2) is 10.4. The molecule has 2 aromatic carbocycles. The molecule has 0 unspecified atom stereocenters. The van der Waals surface area contributed by atoms with Crippen LogP contribution in [0.1, 0.15) is 0 Å². The quantitative estimate of drug-likeness (QED) is 0.401. The molecule has 0 aliphatic carbocycles. The van der Waals surface area contributed by atoms with Gasteiger partial charge < -0.3 is 19.4 Å². The van der Waals surface area contributed by atoms with Crippen molar-refractivity contribution >= 4 is 40.3 Å². The largest absolute Gasteiger partial charge is 0.492 e. The van der Waals surface area contributed by atoms with Crippen molar-refractivity contribution in [2.75, 3.05) is 32.6 Å². The van der Waals surface area contributed by atoms with Crippen LogP contribution < -0.4 is 10.1 Å². The van der Waals surface area contributed by atoms with Gasteiger partial charge in [-0.05, 0) is 36.4 Å². The number of imidazole rings is 1. The molecule has 0 radical (unpaired) electrons. The summed E-state index contributed by atoms with van der Waals surface area (Å²) >= 11 is 7.25. The van der Waals surface area contributed by atoms with E-state index in [9.17, 15) is 4.79 Å². The summed E-state index contributed by atoms with van der Waals surface area (Å²) in [4.78, 5) is 16.8. The van der Waals surface area contributed by atoms with Crippen LogP contribution in [0.3, 0.4) is 0 Å². The number of thioether (sulfide) groups is 1. The molecule has 3 aromatic rings. The Morgan fingerprint density at radius 1 is 1.18 bits per heavy atom. The molecule has 1 amide bonds. The maximum absolute atomic E-state index is 12.1. The standard InChI is InChI=1S/C20H22ClN3O3S/c1-26-13-11-24-18-5-3-2-4-17(18)23-20(24)28-14-19(25)22-10-12-27-16-8-6-15(21)7-9-16/h2-9H,10-14H2,1H3,(H,22,25). The number of carbonyl (C=O) groups is 1. The monoisotopic (exact) mass is 419 g/mol. The molecule has 0 aliphatic rings. The normalized spacial score (nSPS) is 10.9. The molecular weight excluding hydrogens is 398 g/mol. The lowest BCUT2D eigenvalue weighted by molar-refractivity contribution is -0.118. The van der Waals surface area contributed by atoms with Crippen LogP contribution in [0.4, 0.5) is 0 Å². The fourth-order valence-corrected chi connectivity index (χ4v) is 3.63. The third kappa shape index (κ3) is 5.64. The number of hydrogen-bond acceptors (Lipinski definition) is 5. The second-order valence-corrected chi connectivity index (χ2v) is 7.35. The molecule has 3 rings (SSSR count). The van der Waals surface area contributed by atoms with Crippen molar-refractivity contribution in [2.24, 2.45) is 0 Å². The molecule has 1 heterocycles. The van der Waals surface area contributed by atoms with Crippen LogP contribution in [-0.2, 0) is 16.1 Å². The smallest absolute Gasteiger partial charge is 0.230 e. The van der Waals surface area contributed by atoms with Crippen molar-refractivity contribution in [3.8, 4) is 5.75 Å². The number of para-hydroxylation sites is 2. The highest BCUT2D eigenvalue weighted by Gasteiger charge is 2.12. The van der Waals surface area contributed by atoms with Gasteiger partial charge in [0.05, 0.1) is 29.9 Å². The minimum Gasteiger partial charge on any atom is -0.492 e. The number of benzene rings is 2. The first-order valence-corrected chi connectivity index (χ1v) is 10.3. The lowest BCUT2D eigenvalue weighted by atomic mass is 10.3. The van der Waals surface area contributed by atoms with Crippen LogP contribution in [0.2, 0.25) is 5.02 Å². The number of carbonyl (C=O) groups excluding carboxylic acids is 1. The second-order valence-electron chi connectivity index (χ2n) is 5.97. The van der Waals surface area contributed by atoms with Gasteiger partial charge in [-0.1, -0.05) is 35.5 Å². The predicted octanol–water partition coefficient (Wildman–Crippen LogP) is 3.62. The SMILES string of the molecule is COCCn1c(SCC(=O)NCCOc2ccc(Cl)cc2)nc2ccccc21. The third-order valence-electron chi connectivity index (χ3n) is 3.98. The topological polar surface area (TPSA) is 65.4 Å². The molecule has 8 heteroatoms. The molecule has 0 bridgehead atoms. The first-order valence-electron chi connectivity index (χ1n) is 8.89. The maximum atomic E-state index is 12.1. The van der Waals surface area contributed by atoms with Gasteiger partial charge in [-0.15, -0.1) is 0 Å². The Kier molecular flexibility index (Phi) is 7.59. The van der Waals surface area contributed by atoms with Crippen molar-refractivity contribution in [1.29, 1.82) is 0 Å². The number of nitrogens with zero attached hydrogens (tertiary/aromatic N) is 2. The Balaban J connectivity index is 1.48. The van der Waals surface area contributed by atoms with Gasteiger partial charge in [-0.3, -0.25) is 4.79 Å². The zero-order chi connectivity index (χ0) is 19.8. The first kappa shape index (κ1) is 20.5. The van der Waals surface area contributed by atoms with Crippen molar-refractivity contribution in [3.05, 3.63) is 53.6 Å². The molecule has 0 aliphatic heterocycles. The van der Waals surface area contributed by atoms with Gasteiger partial charge in [0, 0.05) is 18.7 Å². The van der Waals surface area contributed by atoms with Crippen LogP contribution in [0.25, 0.3) is 11.0 Å². The van der Waals surface area contributed by atoms with E-state index in [1.165, 1.54) is 11.8 Å². The Labute approximate surface area is 173 Å². The van der Waals surface area contributed by atoms with Gasteiger partial charge >= 0.3 is 0 Å². The van der Waals surface area contributed by atoms with E-state index >= 15 is 0 Å². The summed E-state index contributed by atoms with van der Waals surface area (Å²) in [6.45, 7) is 2.10. The van der Waals surface area contributed by atoms with Gasteiger partial charge in [0.25, 0.3) is 0 Å². The van der Waals surface area contributed by atoms with Gasteiger partial charge in [-0.2, -0.15) is 0 Å². The van der Waals surface area contributed by atoms with Gasteiger partial charge in [0.1, 0.15) is 12.4 Å². The Bertz CT molecular complexity index is 915. The number of aromatic nitrogens is 2. The van der Waals surface area contributed by atoms with Crippen LogP contribution in [0, 0.1) is 0 Å². The van der Waals surface area contributed by atoms with E-state index in [2.05, 4.69) is 14.9 Å². The Hall–Kier alpha value is -2.22. The van der Waals surface area contributed by atoms with Crippen molar-refractivity contribution in [1.82, 2.24) is 14.9 Å². The molecular formula is C20H22ClN3O3S. The van der Waals surface area contributed by atoms with E-state index in [0.717, 1.165) is 21.9 Å². The number of amides is 1. The van der Waals surface area contributed by atoms with Crippen LogP contribution >= 0.6 is 23.4 Å². The van der Waals surface area contributed by atoms with Crippen molar-refractivity contribution < 1.29 is 14.3 Å². The average molecular weight is 420 g/mol. The molecule has 0 saturated carbocycles. The maximum Gasteiger partial charge on any atom is 0.230 e. The lowest BCUT2D eigenvalue weighted by Crippen LogP contribution is -2.29.